The maximum absolute atomic E-state index is 13.0. The SMILES string of the molecule is CC(C)(C)N(C=O)N1C(=O)C(C(=O)c2cccs2)c2ccncc21. The van der Waals surface area contributed by atoms with E-state index in [9.17, 15) is 14.4 Å². The van der Waals surface area contributed by atoms with Crippen LogP contribution in [0.25, 0.3) is 0 Å². The summed E-state index contributed by atoms with van der Waals surface area (Å²) in [4.78, 5) is 42.0. The lowest BCUT2D eigenvalue weighted by Gasteiger charge is -2.38. The molecule has 24 heavy (non-hydrogen) atoms. The van der Waals surface area contributed by atoms with E-state index in [0.29, 0.717) is 22.5 Å². The Bertz CT molecular complexity index is 796. The first kappa shape index (κ1) is 16.3. The highest BCUT2D eigenvalue weighted by Crippen LogP contribution is 2.41. The number of carbonyl (C=O) groups is 3. The lowest BCUT2D eigenvalue weighted by Crippen LogP contribution is -2.54. The zero-order chi connectivity index (χ0) is 17.5. The van der Waals surface area contributed by atoms with Gasteiger partial charge >= 0.3 is 0 Å². The second kappa shape index (κ2) is 5.83. The standard InChI is InChI=1S/C17H17N3O3S/c1-17(2,3)19(10-21)20-12-9-18-7-6-11(12)14(16(20)23)15(22)13-5-4-8-24-13/h4-10,14H,1-3H3. The highest BCUT2D eigenvalue weighted by molar-refractivity contribution is 7.12. The summed E-state index contributed by atoms with van der Waals surface area (Å²) < 4.78 is 0. The van der Waals surface area contributed by atoms with E-state index in [4.69, 9.17) is 0 Å². The molecule has 0 N–H and O–H groups in total. The molecule has 0 saturated carbocycles. The maximum atomic E-state index is 13.0. The van der Waals surface area contributed by atoms with Crippen molar-refractivity contribution < 1.29 is 14.4 Å². The number of Topliss-reactive ketones (excluding diaryl/α,β-unsaturated/α-hetero) is 1. The first-order chi connectivity index (χ1) is 11.4. The molecule has 2 aromatic rings. The molecule has 2 amide bonds. The first-order valence-corrected chi connectivity index (χ1v) is 8.34. The minimum absolute atomic E-state index is 0.260. The predicted octanol–water partition coefficient (Wildman–Crippen LogP) is 2.63. The van der Waals surface area contributed by atoms with Gasteiger partial charge < -0.3 is 0 Å². The average Bonchev–Trinajstić information content (AvgIpc) is 3.14. The summed E-state index contributed by atoms with van der Waals surface area (Å²) in [7, 11) is 0. The Labute approximate surface area is 143 Å². The summed E-state index contributed by atoms with van der Waals surface area (Å²) in [5.41, 5.74) is 0.426. The van der Waals surface area contributed by atoms with Crippen LogP contribution in [-0.2, 0) is 9.59 Å². The Morgan fingerprint density at radius 1 is 1.38 bits per heavy atom. The number of fused-ring (bicyclic) bond motifs is 1. The van der Waals surface area contributed by atoms with Gasteiger partial charge in [-0.05, 0) is 38.3 Å². The van der Waals surface area contributed by atoms with Crippen LogP contribution < -0.4 is 5.01 Å². The summed E-state index contributed by atoms with van der Waals surface area (Å²) in [6.45, 7) is 5.46. The largest absolute Gasteiger partial charge is 0.292 e. The highest BCUT2D eigenvalue weighted by Gasteiger charge is 2.46. The molecule has 3 heterocycles. The van der Waals surface area contributed by atoms with Gasteiger partial charge in [-0.1, -0.05) is 6.07 Å². The number of rotatable bonds is 4. The number of aromatic nitrogens is 1. The van der Waals surface area contributed by atoms with E-state index < -0.39 is 17.4 Å². The van der Waals surface area contributed by atoms with Gasteiger partial charge in [-0.25, -0.2) is 10.0 Å². The fraction of sp³-hybridized carbons (Fsp3) is 0.294. The minimum Gasteiger partial charge on any atom is -0.292 e. The molecule has 0 bridgehead atoms. The smallest absolute Gasteiger partial charge is 0.261 e. The summed E-state index contributed by atoms with van der Waals surface area (Å²) in [5.74, 6) is -1.64. The molecule has 7 heteroatoms. The Morgan fingerprint density at radius 3 is 2.71 bits per heavy atom. The van der Waals surface area contributed by atoms with Crippen molar-refractivity contribution in [2.75, 3.05) is 5.01 Å². The van der Waals surface area contributed by atoms with Crippen LogP contribution in [0.1, 0.15) is 41.9 Å². The molecule has 0 spiro atoms. The van der Waals surface area contributed by atoms with Crippen LogP contribution in [0.2, 0.25) is 0 Å². The predicted molar refractivity (Wildman–Crippen MR) is 90.8 cm³/mol. The van der Waals surface area contributed by atoms with Crippen molar-refractivity contribution in [3.05, 3.63) is 46.4 Å². The lowest BCUT2D eigenvalue weighted by molar-refractivity contribution is -0.132. The molecule has 0 fully saturated rings. The van der Waals surface area contributed by atoms with Crippen molar-refractivity contribution in [1.82, 2.24) is 9.99 Å². The monoisotopic (exact) mass is 343 g/mol. The minimum atomic E-state index is -0.952. The van der Waals surface area contributed by atoms with Gasteiger partial charge in [0, 0.05) is 11.8 Å². The number of anilines is 1. The quantitative estimate of drug-likeness (QED) is 0.486. The molecule has 124 valence electrons. The van der Waals surface area contributed by atoms with Crippen LogP contribution >= 0.6 is 11.3 Å². The Morgan fingerprint density at radius 2 is 2.12 bits per heavy atom. The van der Waals surface area contributed by atoms with Crippen LogP contribution in [0.4, 0.5) is 5.69 Å². The Balaban J connectivity index is 2.10. The molecule has 0 aliphatic carbocycles. The van der Waals surface area contributed by atoms with Gasteiger partial charge in [-0.3, -0.25) is 19.4 Å². The number of hydrazine groups is 1. The zero-order valence-electron chi connectivity index (χ0n) is 13.6. The van der Waals surface area contributed by atoms with E-state index in [0.717, 1.165) is 0 Å². The van der Waals surface area contributed by atoms with Gasteiger partial charge in [0.05, 0.1) is 22.3 Å². The zero-order valence-corrected chi connectivity index (χ0v) is 14.4. The van der Waals surface area contributed by atoms with Crippen LogP contribution in [0.15, 0.2) is 36.0 Å². The third-order valence-electron chi connectivity index (χ3n) is 3.86. The highest BCUT2D eigenvalue weighted by atomic mass is 32.1. The van der Waals surface area contributed by atoms with Crippen molar-refractivity contribution in [2.45, 2.75) is 32.2 Å². The van der Waals surface area contributed by atoms with Crippen LogP contribution in [0.3, 0.4) is 0 Å². The molecule has 6 nitrogen and oxygen atoms in total. The summed E-state index contributed by atoms with van der Waals surface area (Å²) in [6, 6.07) is 5.13. The number of hydrogen-bond acceptors (Lipinski definition) is 5. The molecule has 1 aliphatic heterocycles. The van der Waals surface area contributed by atoms with Gasteiger partial charge in [0.15, 0.2) is 5.78 Å². The topological polar surface area (TPSA) is 70.6 Å². The molecule has 0 saturated heterocycles. The molecule has 1 aliphatic rings. The van der Waals surface area contributed by atoms with Gasteiger partial charge in [-0.2, -0.15) is 0 Å². The van der Waals surface area contributed by atoms with Gasteiger partial charge in [0.1, 0.15) is 5.92 Å². The van der Waals surface area contributed by atoms with Gasteiger partial charge in [0.25, 0.3) is 5.91 Å². The summed E-state index contributed by atoms with van der Waals surface area (Å²) in [5, 5.41) is 4.37. The third-order valence-corrected chi connectivity index (χ3v) is 4.74. The van der Waals surface area contributed by atoms with Crippen molar-refractivity contribution in [3.63, 3.8) is 0 Å². The fourth-order valence-electron chi connectivity index (χ4n) is 2.73. The number of nitrogens with zero attached hydrogens (tertiary/aromatic N) is 3. The molecular weight excluding hydrogens is 326 g/mol. The van der Waals surface area contributed by atoms with E-state index in [2.05, 4.69) is 4.98 Å². The van der Waals surface area contributed by atoms with Gasteiger partial charge in [0.2, 0.25) is 6.41 Å². The second-order valence-electron chi connectivity index (χ2n) is 6.48. The van der Waals surface area contributed by atoms with E-state index in [1.807, 2.05) is 20.8 Å². The van der Waals surface area contributed by atoms with Crippen molar-refractivity contribution in [3.8, 4) is 0 Å². The Kier molecular flexibility index (Phi) is 3.96. The average molecular weight is 343 g/mol. The van der Waals surface area contributed by atoms with Crippen LogP contribution in [0, 0.1) is 0 Å². The van der Waals surface area contributed by atoms with E-state index >= 15 is 0 Å². The molecule has 1 unspecified atom stereocenters. The molecule has 2 aromatic heterocycles. The Hall–Kier alpha value is -2.54. The maximum Gasteiger partial charge on any atom is 0.261 e. The number of amides is 2. The van der Waals surface area contributed by atoms with E-state index in [1.54, 1.807) is 29.8 Å². The van der Waals surface area contributed by atoms with Gasteiger partial charge in [-0.15, -0.1) is 11.3 Å². The number of pyridine rings is 1. The van der Waals surface area contributed by atoms with Crippen molar-refractivity contribution in [2.24, 2.45) is 0 Å². The molecule has 3 rings (SSSR count). The number of thiophene rings is 1. The van der Waals surface area contributed by atoms with E-state index in [1.165, 1.54) is 27.6 Å². The van der Waals surface area contributed by atoms with Crippen molar-refractivity contribution in [1.29, 1.82) is 0 Å². The molecular formula is C17H17N3O3S. The summed E-state index contributed by atoms with van der Waals surface area (Å²) >= 11 is 1.30. The lowest BCUT2D eigenvalue weighted by atomic mass is 9.96. The van der Waals surface area contributed by atoms with Crippen LogP contribution in [0.5, 0.6) is 0 Å². The normalized spacial score (nSPS) is 16.9. The van der Waals surface area contributed by atoms with E-state index in [-0.39, 0.29) is 5.78 Å². The third kappa shape index (κ3) is 2.50. The van der Waals surface area contributed by atoms with Crippen LogP contribution in [-0.4, -0.2) is 33.6 Å². The molecule has 0 aromatic carbocycles. The number of carbonyl (C=O) groups excluding carboxylic acids is 3. The molecule has 0 radical (unpaired) electrons. The second-order valence-corrected chi connectivity index (χ2v) is 7.43. The van der Waals surface area contributed by atoms with Crippen molar-refractivity contribution >= 4 is 35.1 Å². The number of ketones is 1. The first-order valence-electron chi connectivity index (χ1n) is 7.46. The summed E-state index contributed by atoms with van der Waals surface area (Å²) in [6.07, 6.45) is 3.66. The number of hydrogen-bond donors (Lipinski definition) is 0. The molecule has 1 atom stereocenters. The fourth-order valence-corrected chi connectivity index (χ4v) is 3.43.